The van der Waals surface area contributed by atoms with Crippen molar-refractivity contribution in [3.05, 3.63) is 63.6 Å². The van der Waals surface area contributed by atoms with Gasteiger partial charge in [-0.3, -0.25) is 4.57 Å². The fourth-order valence-electron chi connectivity index (χ4n) is 1.88. The van der Waals surface area contributed by atoms with Crippen LogP contribution in [0.3, 0.4) is 0 Å². The number of hydrogen-bond acceptors (Lipinski definition) is 3. The molecule has 4 nitrogen and oxygen atoms in total. The molecule has 0 fully saturated rings. The Hall–Kier alpha value is -2.45. The molecule has 21 heavy (non-hydrogen) atoms. The molecule has 0 bridgehead atoms. The Morgan fingerprint density at radius 1 is 1.43 bits per heavy atom. The van der Waals surface area contributed by atoms with Gasteiger partial charge in [0.2, 0.25) is 0 Å². The van der Waals surface area contributed by atoms with Crippen molar-refractivity contribution >= 4 is 0 Å². The van der Waals surface area contributed by atoms with E-state index < -0.39 is 0 Å². The van der Waals surface area contributed by atoms with Crippen molar-refractivity contribution in [3.8, 4) is 11.8 Å². The van der Waals surface area contributed by atoms with E-state index in [-0.39, 0.29) is 24.7 Å². The summed E-state index contributed by atoms with van der Waals surface area (Å²) in [5, 5.41) is 8.74. The molecule has 0 amide bonds. The number of rotatable bonds is 3. The van der Waals surface area contributed by atoms with Gasteiger partial charge >= 0.3 is 5.69 Å². The number of aromatic nitrogens is 2. The summed E-state index contributed by atoms with van der Waals surface area (Å²) in [6.45, 7) is 2.07. The first-order valence-electron chi connectivity index (χ1n) is 6.51. The average Bonchev–Trinajstić information content (AvgIpc) is 2.46. The molecular weight excluding hydrogens is 271 g/mol. The smallest absolute Gasteiger partial charge is 0.347 e. The summed E-state index contributed by atoms with van der Waals surface area (Å²) >= 11 is 0. The van der Waals surface area contributed by atoms with Crippen LogP contribution in [0.2, 0.25) is 0 Å². The van der Waals surface area contributed by atoms with Crippen molar-refractivity contribution in [1.82, 2.24) is 9.55 Å². The first-order chi connectivity index (χ1) is 10.1. The van der Waals surface area contributed by atoms with Gasteiger partial charge in [0, 0.05) is 24.4 Å². The lowest BCUT2D eigenvalue weighted by Gasteiger charge is -2.08. The molecular formula is C16H15FN2O2. The van der Waals surface area contributed by atoms with E-state index in [0.29, 0.717) is 12.0 Å². The van der Waals surface area contributed by atoms with Gasteiger partial charge in [-0.1, -0.05) is 17.9 Å². The maximum atomic E-state index is 13.3. The largest absolute Gasteiger partial charge is 0.395 e. The molecule has 0 aliphatic carbocycles. The van der Waals surface area contributed by atoms with Gasteiger partial charge in [-0.25, -0.2) is 14.2 Å². The van der Waals surface area contributed by atoms with Gasteiger partial charge in [-0.15, -0.1) is 0 Å². The first-order valence-corrected chi connectivity index (χ1v) is 6.51. The Labute approximate surface area is 121 Å². The molecule has 0 saturated carbocycles. The lowest BCUT2D eigenvalue weighted by Crippen LogP contribution is -2.23. The van der Waals surface area contributed by atoms with E-state index in [1.807, 2.05) is 6.92 Å². The molecule has 0 saturated heterocycles. The van der Waals surface area contributed by atoms with Gasteiger partial charge in [0.1, 0.15) is 5.82 Å². The van der Waals surface area contributed by atoms with Crippen molar-refractivity contribution in [2.24, 2.45) is 0 Å². The van der Waals surface area contributed by atoms with Crippen molar-refractivity contribution in [2.45, 2.75) is 19.9 Å². The van der Waals surface area contributed by atoms with Crippen LogP contribution in [0.15, 0.2) is 35.4 Å². The minimum atomic E-state index is -0.387. The number of benzene rings is 1. The highest BCUT2D eigenvalue weighted by Crippen LogP contribution is 2.11. The Bertz CT molecular complexity index is 757. The minimum absolute atomic E-state index is 0.0428. The molecule has 108 valence electrons. The van der Waals surface area contributed by atoms with Crippen LogP contribution in [0.25, 0.3) is 0 Å². The van der Waals surface area contributed by atoms with Crippen molar-refractivity contribution in [2.75, 3.05) is 6.61 Å². The van der Waals surface area contributed by atoms with E-state index in [1.54, 1.807) is 12.3 Å². The predicted octanol–water partition coefficient (Wildman–Crippen LogP) is 1.47. The van der Waals surface area contributed by atoms with Crippen LogP contribution < -0.4 is 5.69 Å². The fraction of sp³-hybridized carbons (Fsp3) is 0.250. The molecule has 0 spiro atoms. The highest BCUT2D eigenvalue weighted by atomic mass is 19.1. The molecule has 2 aromatic rings. The zero-order chi connectivity index (χ0) is 15.2. The topological polar surface area (TPSA) is 55.1 Å². The monoisotopic (exact) mass is 286 g/mol. The lowest BCUT2D eigenvalue weighted by molar-refractivity contribution is 0.305. The third-order valence-electron chi connectivity index (χ3n) is 2.86. The van der Waals surface area contributed by atoms with Gasteiger partial charge in [-0.2, -0.15) is 0 Å². The number of nitrogens with zero attached hydrogens (tertiary/aromatic N) is 2. The third kappa shape index (κ3) is 4.01. The molecule has 0 unspecified atom stereocenters. The average molecular weight is 286 g/mol. The molecule has 1 aromatic heterocycles. The van der Waals surface area contributed by atoms with Crippen molar-refractivity contribution in [3.63, 3.8) is 0 Å². The van der Waals surface area contributed by atoms with Crippen LogP contribution in [0.5, 0.6) is 0 Å². The van der Waals surface area contributed by atoms with E-state index in [0.717, 1.165) is 11.1 Å². The predicted molar refractivity (Wildman–Crippen MR) is 77.3 cm³/mol. The number of aliphatic hydroxyl groups excluding tert-OH is 1. The van der Waals surface area contributed by atoms with E-state index >= 15 is 0 Å². The van der Waals surface area contributed by atoms with Crippen LogP contribution in [0.1, 0.15) is 23.1 Å². The Balaban J connectivity index is 2.38. The van der Waals surface area contributed by atoms with Gasteiger partial charge < -0.3 is 5.11 Å². The van der Waals surface area contributed by atoms with Crippen molar-refractivity contribution < 1.29 is 9.50 Å². The Morgan fingerprint density at radius 3 is 3.00 bits per heavy atom. The normalized spacial score (nSPS) is 10.0. The maximum Gasteiger partial charge on any atom is 0.347 e. The van der Waals surface area contributed by atoms with Crippen molar-refractivity contribution in [1.29, 1.82) is 0 Å². The molecule has 1 aromatic carbocycles. The van der Waals surface area contributed by atoms with E-state index in [2.05, 4.69) is 16.8 Å². The Kier molecular flexibility index (Phi) is 4.85. The Morgan fingerprint density at radius 2 is 2.24 bits per heavy atom. The van der Waals surface area contributed by atoms with Crippen LogP contribution in [-0.2, 0) is 6.54 Å². The molecule has 0 aliphatic heterocycles. The SMILES string of the molecule is Cc1cnc(=O)n(Cc2ccc(F)cc2C#CCCO)c1. The number of aryl methyl sites for hydroxylation is 1. The molecule has 0 aliphatic rings. The standard InChI is InChI=1S/C16H15FN2O2/c1-12-9-18-16(21)19(10-12)11-14-5-6-15(17)8-13(14)4-2-3-7-20/h5-6,8-10,20H,3,7,11H2,1H3. The summed E-state index contributed by atoms with van der Waals surface area (Å²) in [5.41, 5.74) is 1.75. The molecule has 1 N–H and O–H groups in total. The summed E-state index contributed by atoms with van der Waals surface area (Å²) in [4.78, 5) is 15.5. The highest BCUT2D eigenvalue weighted by Gasteiger charge is 2.05. The highest BCUT2D eigenvalue weighted by molar-refractivity contribution is 5.42. The minimum Gasteiger partial charge on any atom is -0.395 e. The summed E-state index contributed by atoms with van der Waals surface area (Å²) in [7, 11) is 0. The second-order valence-corrected chi connectivity index (χ2v) is 4.62. The molecule has 0 radical (unpaired) electrons. The lowest BCUT2D eigenvalue weighted by atomic mass is 10.1. The second-order valence-electron chi connectivity index (χ2n) is 4.62. The number of halogens is 1. The van der Waals surface area contributed by atoms with Crippen LogP contribution in [-0.4, -0.2) is 21.3 Å². The van der Waals surface area contributed by atoms with Gasteiger partial charge in [-0.05, 0) is 30.2 Å². The third-order valence-corrected chi connectivity index (χ3v) is 2.86. The van der Waals surface area contributed by atoms with Gasteiger partial charge in [0.25, 0.3) is 0 Å². The van der Waals surface area contributed by atoms with Crippen LogP contribution in [0, 0.1) is 24.6 Å². The first kappa shape index (κ1) is 14.9. The molecule has 0 atom stereocenters. The molecule has 5 heteroatoms. The van der Waals surface area contributed by atoms with Gasteiger partial charge in [0.05, 0.1) is 13.2 Å². The second kappa shape index (κ2) is 6.82. The zero-order valence-electron chi connectivity index (χ0n) is 11.6. The summed E-state index contributed by atoms with van der Waals surface area (Å²) in [5.74, 6) is 5.20. The fourth-order valence-corrected chi connectivity index (χ4v) is 1.88. The quantitative estimate of drug-likeness (QED) is 0.869. The zero-order valence-corrected chi connectivity index (χ0v) is 11.6. The summed E-state index contributed by atoms with van der Waals surface area (Å²) in [6, 6.07) is 4.27. The van der Waals surface area contributed by atoms with Gasteiger partial charge in [0.15, 0.2) is 0 Å². The van der Waals surface area contributed by atoms with Crippen LogP contribution in [0.4, 0.5) is 4.39 Å². The summed E-state index contributed by atoms with van der Waals surface area (Å²) < 4.78 is 14.8. The maximum absolute atomic E-state index is 13.3. The van der Waals surface area contributed by atoms with E-state index in [1.165, 1.54) is 22.9 Å². The van der Waals surface area contributed by atoms with E-state index in [9.17, 15) is 9.18 Å². The summed E-state index contributed by atoms with van der Waals surface area (Å²) in [6.07, 6.45) is 3.52. The number of aliphatic hydroxyl groups is 1. The van der Waals surface area contributed by atoms with Crippen LogP contribution >= 0.6 is 0 Å². The van der Waals surface area contributed by atoms with E-state index in [4.69, 9.17) is 5.11 Å². The molecule has 2 rings (SSSR count). The number of hydrogen-bond donors (Lipinski definition) is 1. The molecule has 1 heterocycles.